The first-order valence-corrected chi connectivity index (χ1v) is 7.07. The quantitative estimate of drug-likeness (QED) is 0.796. The minimum atomic E-state index is -0.490. The Kier molecular flexibility index (Phi) is 3.86. The second kappa shape index (κ2) is 5.04. The number of hydrogen-bond donors (Lipinski definition) is 0. The van der Waals surface area contributed by atoms with E-state index in [9.17, 15) is 0 Å². The summed E-state index contributed by atoms with van der Waals surface area (Å²) < 4.78 is 17.5. The average molecular weight is 277 g/mol. The molecular weight excluding hydrogens is 253 g/mol. The summed E-state index contributed by atoms with van der Waals surface area (Å²) in [7, 11) is 1.16. The summed E-state index contributed by atoms with van der Waals surface area (Å²) >= 11 is 0. The minimum absolute atomic E-state index is 0.374. The first kappa shape index (κ1) is 15.3. The van der Waals surface area contributed by atoms with Crippen LogP contribution in [0.25, 0.3) is 0 Å². The van der Waals surface area contributed by atoms with Gasteiger partial charge < -0.3 is 14.0 Å². The Morgan fingerprint density at radius 1 is 1.15 bits per heavy atom. The molecule has 0 aromatic carbocycles. The van der Waals surface area contributed by atoms with Gasteiger partial charge in [0.1, 0.15) is 11.3 Å². The van der Waals surface area contributed by atoms with E-state index in [4.69, 9.17) is 14.0 Å². The zero-order valence-corrected chi connectivity index (χ0v) is 13.5. The van der Waals surface area contributed by atoms with Crippen molar-refractivity contribution in [3.05, 3.63) is 17.8 Å². The van der Waals surface area contributed by atoms with E-state index in [2.05, 4.69) is 18.8 Å². The highest BCUT2D eigenvalue weighted by atomic mass is 16.7. The Morgan fingerprint density at radius 3 is 2.15 bits per heavy atom. The number of ether oxygens (including phenoxy) is 1. The lowest BCUT2D eigenvalue weighted by atomic mass is 9.82. The van der Waals surface area contributed by atoms with E-state index in [0.717, 1.165) is 11.3 Å². The number of nitrogens with zero attached hydrogens (tertiary/aromatic N) is 1. The molecular formula is C15H24BNO3. The second-order valence-corrected chi connectivity index (χ2v) is 6.60. The molecule has 0 N–H and O–H groups in total. The van der Waals surface area contributed by atoms with Gasteiger partial charge in [0.2, 0.25) is 0 Å². The van der Waals surface area contributed by atoms with Gasteiger partial charge in [-0.15, -0.1) is 0 Å². The van der Waals surface area contributed by atoms with Crippen molar-refractivity contribution in [2.75, 3.05) is 7.11 Å². The van der Waals surface area contributed by atoms with E-state index in [1.807, 2.05) is 40.0 Å². The third-order valence-electron chi connectivity index (χ3n) is 4.27. The van der Waals surface area contributed by atoms with Crippen molar-refractivity contribution in [1.82, 2.24) is 4.98 Å². The molecule has 0 atom stereocenters. The lowest BCUT2D eigenvalue weighted by Crippen LogP contribution is -2.41. The predicted molar refractivity (Wildman–Crippen MR) is 80.6 cm³/mol. The summed E-state index contributed by atoms with van der Waals surface area (Å²) in [6.07, 6.45) is 1.87. The van der Waals surface area contributed by atoms with Crippen molar-refractivity contribution in [3.63, 3.8) is 0 Å². The molecule has 1 aliphatic heterocycles. The van der Waals surface area contributed by atoms with Crippen molar-refractivity contribution in [2.24, 2.45) is 0 Å². The van der Waals surface area contributed by atoms with Crippen LogP contribution in [0.3, 0.4) is 0 Å². The Labute approximate surface area is 122 Å². The highest BCUT2D eigenvalue weighted by Gasteiger charge is 2.53. The lowest BCUT2D eigenvalue weighted by Gasteiger charge is -2.32. The fourth-order valence-corrected chi connectivity index (χ4v) is 2.08. The zero-order chi connectivity index (χ0) is 15.1. The highest BCUT2D eigenvalue weighted by molar-refractivity contribution is 6.62. The van der Waals surface area contributed by atoms with Crippen molar-refractivity contribution in [3.8, 4) is 5.75 Å². The molecule has 0 saturated carbocycles. The molecule has 20 heavy (non-hydrogen) atoms. The van der Waals surface area contributed by atoms with Crippen LogP contribution >= 0.6 is 0 Å². The number of aromatic nitrogens is 1. The fourth-order valence-electron chi connectivity index (χ4n) is 2.08. The molecule has 110 valence electrons. The van der Waals surface area contributed by atoms with Crippen LogP contribution < -0.4 is 10.3 Å². The Balaban J connectivity index is 2.35. The normalized spacial score (nSPS) is 20.5. The van der Waals surface area contributed by atoms with E-state index >= 15 is 0 Å². The zero-order valence-electron chi connectivity index (χ0n) is 13.5. The Bertz CT molecular complexity index is 484. The van der Waals surface area contributed by atoms with Gasteiger partial charge in [-0.05, 0) is 45.2 Å². The molecule has 1 fully saturated rings. The number of pyridine rings is 1. The fraction of sp³-hybridized carbons (Fsp3) is 0.667. The van der Waals surface area contributed by atoms with Gasteiger partial charge in [-0.1, -0.05) is 13.8 Å². The van der Waals surface area contributed by atoms with Gasteiger partial charge >= 0.3 is 7.12 Å². The van der Waals surface area contributed by atoms with Crippen LogP contribution in [0.2, 0.25) is 0 Å². The highest BCUT2D eigenvalue weighted by Crippen LogP contribution is 2.37. The largest absolute Gasteiger partial charge is 0.518 e. The van der Waals surface area contributed by atoms with Gasteiger partial charge in [-0.25, -0.2) is 0 Å². The van der Waals surface area contributed by atoms with Crippen LogP contribution in [0.1, 0.15) is 53.0 Å². The van der Waals surface area contributed by atoms with Crippen LogP contribution in [0.5, 0.6) is 5.75 Å². The van der Waals surface area contributed by atoms with E-state index in [-0.39, 0.29) is 11.2 Å². The first-order chi connectivity index (χ1) is 9.18. The molecule has 0 bridgehead atoms. The monoisotopic (exact) mass is 277 g/mol. The minimum Gasteiger partial charge on any atom is -0.496 e. The number of hydrogen-bond acceptors (Lipinski definition) is 4. The van der Waals surface area contributed by atoms with Crippen LogP contribution in [0.4, 0.5) is 0 Å². The molecule has 0 amide bonds. The van der Waals surface area contributed by atoms with Crippen molar-refractivity contribution < 1.29 is 14.0 Å². The molecule has 1 aromatic heterocycles. The molecule has 0 spiro atoms. The van der Waals surface area contributed by atoms with E-state index in [0.29, 0.717) is 11.5 Å². The van der Waals surface area contributed by atoms with Crippen LogP contribution in [0, 0.1) is 0 Å². The maximum Gasteiger partial charge on any atom is 0.518 e. The first-order valence-electron chi connectivity index (χ1n) is 7.07. The van der Waals surface area contributed by atoms with Gasteiger partial charge in [-0.2, -0.15) is 0 Å². The maximum atomic E-state index is 6.03. The third-order valence-corrected chi connectivity index (χ3v) is 4.27. The molecule has 4 nitrogen and oxygen atoms in total. The molecule has 0 aliphatic carbocycles. The molecule has 1 aliphatic rings. The molecule has 1 aromatic rings. The van der Waals surface area contributed by atoms with Gasteiger partial charge in [0.25, 0.3) is 0 Å². The molecule has 1 saturated heterocycles. The Morgan fingerprint density at radius 2 is 1.70 bits per heavy atom. The van der Waals surface area contributed by atoms with Crippen molar-refractivity contribution in [2.45, 2.75) is 58.7 Å². The summed E-state index contributed by atoms with van der Waals surface area (Å²) in [5.41, 5.74) is 1.10. The third kappa shape index (κ3) is 2.57. The average Bonchev–Trinajstić information content (AvgIpc) is 2.57. The number of rotatable bonds is 3. The predicted octanol–water partition coefficient (Wildman–Crippen LogP) is 2.51. The van der Waals surface area contributed by atoms with Crippen LogP contribution in [-0.4, -0.2) is 30.4 Å². The summed E-state index contributed by atoms with van der Waals surface area (Å²) in [4.78, 5) is 4.51. The van der Waals surface area contributed by atoms with Gasteiger partial charge in [0.05, 0.1) is 18.3 Å². The topological polar surface area (TPSA) is 40.6 Å². The molecule has 0 radical (unpaired) electrons. The molecule has 0 unspecified atom stereocenters. The molecule has 2 rings (SSSR count). The number of methoxy groups -OCH3 is 1. The van der Waals surface area contributed by atoms with Crippen LogP contribution in [-0.2, 0) is 9.31 Å². The van der Waals surface area contributed by atoms with E-state index < -0.39 is 7.12 Å². The summed E-state index contributed by atoms with van der Waals surface area (Å²) in [5, 5.41) is 0. The van der Waals surface area contributed by atoms with Gasteiger partial charge in [0, 0.05) is 6.20 Å². The summed E-state index contributed by atoms with van der Waals surface area (Å²) in [6, 6.07) is 2.01. The van der Waals surface area contributed by atoms with E-state index in [1.54, 1.807) is 7.11 Å². The molecule has 2 heterocycles. The SMILES string of the molecule is COc1cc(C(C)C)cnc1B1OC(C)(C)C(C)(C)O1. The van der Waals surface area contributed by atoms with Gasteiger partial charge in [0.15, 0.2) is 0 Å². The van der Waals surface area contributed by atoms with Crippen molar-refractivity contribution >= 4 is 12.7 Å². The second-order valence-electron chi connectivity index (χ2n) is 6.60. The van der Waals surface area contributed by atoms with Crippen LogP contribution in [0.15, 0.2) is 12.3 Å². The maximum absolute atomic E-state index is 6.03. The van der Waals surface area contributed by atoms with Crippen molar-refractivity contribution in [1.29, 1.82) is 0 Å². The van der Waals surface area contributed by atoms with E-state index in [1.165, 1.54) is 0 Å². The summed E-state index contributed by atoms with van der Waals surface area (Å²) in [6.45, 7) is 12.4. The van der Waals surface area contributed by atoms with Gasteiger partial charge in [-0.3, -0.25) is 4.98 Å². The smallest absolute Gasteiger partial charge is 0.496 e. The Hall–Kier alpha value is -1.07. The summed E-state index contributed by atoms with van der Waals surface area (Å²) in [5.74, 6) is 1.12. The molecule has 5 heteroatoms. The standard InChI is InChI=1S/C15H24BNO3/c1-10(2)11-8-12(18-7)13(17-9-11)16-19-14(3,4)15(5,6)20-16/h8-10H,1-7H3. The lowest BCUT2D eigenvalue weighted by molar-refractivity contribution is 0.00578.